The Morgan fingerprint density at radius 2 is 1.91 bits per heavy atom. The summed E-state index contributed by atoms with van der Waals surface area (Å²) in [5, 5.41) is 0. The Hall–Kier alpha value is -3.32. The number of aryl methyl sites for hydroxylation is 1. The van der Waals surface area contributed by atoms with Gasteiger partial charge in [0.2, 0.25) is 0 Å². The molecule has 2 bridgehead atoms. The maximum absolute atomic E-state index is 14.2. The molecule has 1 saturated heterocycles. The van der Waals surface area contributed by atoms with Crippen molar-refractivity contribution in [1.29, 1.82) is 0 Å². The van der Waals surface area contributed by atoms with Crippen molar-refractivity contribution in [2.45, 2.75) is 42.2 Å². The molecule has 6 nitrogen and oxygen atoms in total. The molecule has 7 heteroatoms. The van der Waals surface area contributed by atoms with E-state index in [1.807, 2.05) is 49.5 Å². The lowest BCUT2D eigenvalue weighted by Gasteiger charge is -2.49. The standard InChI is InChI=1S/C27H28N2O4S/c1-4-7-24-26-27(14-15-28(24)17-20(3)18-33-25(30)16-27)22-8-5-6-9-23(22)29(26)34(31,32)21-12-10-19(2)11-13-21/h4-6,8-15,24,26H,1,3,7,16-18H2,2H3/t24-,26-,27+/m0/s1. The molecule has 1 fully saturated rings. The minimum absolute atomic E-state index is 0.0415. The van der Waals surface area contributed by atoms with Gasteiger partial charge in [-0.1, -0.05) is 54.6 Å². The summed E-state index contributed by atoms with van der Waals surface area (Å²) in [6.07, 6.45) is 6.38. The van der Waals surface area contributed by atoms with Gasteiger partial charge in [-0.15, -0.1) is 6.58 Å². The van der Waals surface area contributed by atoms with Gasteiger partial charge < -0.3 is 9.64 Å². The number of nitrogens with zero attached hydrogens (tertiary/aromatic N) is 2. The number of hydrogen-bond acceptors (Lipinski definition) is 5. The Morgan fingerprint density at radius 3 is 2.65 bits per heavy atom. The summed E-state index contributed by atoms with van der Waals surface area (Å²) in [6.45, 7) is 10.6. The topological polar surface area (TPSA) is 66.9 Å². The number of sulfonamides is 1. The highest BCUT2D eigenvalue weighted by Gasteiger charge is 2.59. The molecular formula is C27H28N2O4S. The summed E-state index contributed by atoms with van der Waals surface area (Å²) < 4.78 is 35.5. The molecular weight excluding hydrogens is 448 g/mol. The van der Waals surface area contributed by atoms with Crippen LogP contribution in [-0.2, 0) is 25.0 Å². The predicted molar refractivity (Wildman–Crippen MR) is 132 cm³/mol. The Kier molecular flexibility index (Phi) is 5.40. The van der Waals surface area contributed by atoms with E-state index in [0.717, 1.165) is 16.7 Å². The highest BCUT2D eigenvalue weighted by molar-refractivity contribution is 7.93. The number of ether oxygens (including phenoxy) is 1. The van der Waals surface area contributed by atoms with Crippen LogP contribution in [0.3, 0.4) is 0 Å². The molecule has 0 saturated carbocycles. The molecule has 0 aromatic heterocycles. The lowest BCUT2D eigenvalue weighted by atomic mass is 9.69. The van der Waals surface area contributed by atoms with Crippen LogP contribution in [0.1, 0.15) is 24.0 Å². The molecule has 3 atom stereocenters. The number of fused-ring (bicyclic) bond motifs is 6. The number of para-hydroxylation sites is 1. The highest BCUT2D eigenvalue weighted by atomic mass is 32.2. The summed E-state index contributed by atoms with van der Waals surface area (Å²) in [4.78, 5) is 15.3. The van der Waals surface area contributed by atoms with E-state index in [4.69, 9.17) is 4.74 Å². The van der Waals surface area contributed by atoms with Gasteiger partial charge in [0.25, 0.3) is 10.0 Å². The van der Waals surface area contributed by atoms with Gasteiger partial charge in [0.1, 0.15) is 6.61 Å². The summed E-state index contributed by atoms with van der Waals surface area (Å²) in [6, 6.07) is 13.6. The van der Waals surface area contributed by atoms with Crippen molar-refractivity contribution < 1.29 is 17.9 Å². The van der Waals surface area contributed by atoms with Crippen LogP contribution in [0.4, 0.5) is 5.69 Å². The van der Waals surface area contributed by atoms with Crippen molar-refractivity contribution in [2.24, 2.45) is 0 Å². The molecule has 0 N–H and O–H groups in total. The average Bonchev–Trinajstić information content (AvgIpc) is 3.11. The smallest absolute Gasteiger partial charge is 0.307 e. The summed E-state index contributed by atoms with van der Waals surface area (Å²) >= 11 is 0. The zero-order chi connectivity index (χ0) is 24.1. The van der Waals surface area contributed by atoms with Crippen molar-refractivity contribution in [3.05, 3.63) is 96.7 Å². The van der Waals surface area contributed by atoms with Crippen LogP contribution in [-0.4, -0.2) is 44.5 Å². The number of anilines is 1. The zero-order valence-electron chi connectivity index (χ0n) is 19.2. The van der Waals surface area contributed by atoms with Crippen LogP contribution < -0.4 is 4.31 Å². The third kappa shape index (κ3) is 3.38. The second-order valence-electron chi connectivity index (χ2n) is 9.28. The molecule has 1 spiro atoms. The third-order valence-corrected chi connectivity index (χ3v) is 8.85. The molecule has 0 aliphatic carbocycles. The SMILES string of the molecule is C=CC[C@H]1[C@@H]2N(S(=O)(=O)c3ccc(C)cc3)c3ccccc3[C@]23C=CN1CC(=C)COC(=O)C3. The first-order chi connectivity index (χ1) is 16.3. The first kappa shape index (κ1) is 22.5. The Bertz CT molecular complexity index is 1300. The minimum atomic E-state index is -3.93. The van der Waals surface area contributed by atoms with Crippen LogP contribution in [0.15, 0.2) is 90.5 Å². The predicted octanol–water partition coefficient (Wildman–Crippen LogP) is 4.09. The van der Waals surface area contributed by atoms with Gasteiger partial charge >= 0.3 is 5.97 Å². The fourth-order valence-electron chi connectivity index (χ4n) is 5.53. The van der Waals surface area contributed by atoms with Gasteiger partial charge in [-0.2, -0.15) is 0 Å². The van der Waals surface area contributed by atoms with Crippen LogP contribution in [0.5, 0.6) is 0 Å². The van der Waals surface area contributed by atoms with Gasteiger partial charge in [-0.3, -0.25) is 9.10 Å². The van der Waals surface area contributed by atoms with E-state index in [1.54, 1.807) is 24.3 Å². The van der Waals surface area contributed by atoms with Crippen molar-refractivity contribution in [2.75, 3.05) is 17.5 Å². The molecule has 0 unspecified atom stereocenters. The van der Waals surface area contributed by atoms with E-state index in [0.29, 0.717) is 18.7 Å². The Morgan fingerprint density at radius 1 is 1.18 bits per heavy atom. The van der Waals surface area contributed by atoms with Crippen LogP contribution in [0.2, 0.25) is 0 Å². The quantitative estimate of drug-likeness (QED) is 0.491. The molecule has 6 rings (SSSR count). The van der Waals surface area contributed by atoms with Gasteiger partial charge in [0.05, 0.1) is 34.5 Å². The van der Waals surface area contributed by atoms with Crippen LogP contribution in [0, 0.1) is 6.92 Å². The molecule has 4 heterocycles. The van der Waals surface area contributed by atoms with Crippen molar-refractivity contribution in [1.82, 2.24) is 4.90 Å². The minimum Gasteiger partial charge on any atom is -0.461 e. The number of hydrogen-bond donors (Lipinski definition) is 0. The fourth-order valence-corrected chi connectivity index (χ4v) is 7.28. The maximum atomic E-state index is 14.2. The Balaban J connectivity index is 1.78. The van der Waals surface area contributed by atoms with Crippen LogP contribution in [0.25, 0.3) is 0 Å². The summed E-state index contributed by atoms with van der Waals surface area (Å²) in [7, 11) is -3.93. The number of benzene rings is 2. The number of esters is 1. The van der Waals surface area contributed by atoms with Crippen LogP contribution >= 0.6 is 0 Å². The maximum Gasteiger partial charge on any atom is 0.307 e. The van der Waals surface area contributed by atoms with Crippen molar-refractivity contribution >= 4 is 21.7 Å². The number of rotatable bonds is 4. The second-order valence-corrected chi connectivity index (χ2v) is 11.1. The third-order valence-electron chi connectivity index (χ3n) is 7.04. The van der Waals surface area contributed by atoms with E-state index in [-0.39, 0.29) is 29.9 Å². The monoisotopic (exact) mass is 476 g/mol. The summed E-state index contributed by atoms with van der Waals surface area (Å²) in [5.41, 5.74) is 2.30. The van der Waals surface area contributed by atoms with Gasteiger partial charge in [0, 0.05) is 6.54 Å². The average molecular weight is 477 g/mol. The van der Waals surface area contributed by atoms with E-state index < -0.39 is 21.5 Å². The number of carbonyl (C=O) groups is 1. The zero-order valence-corrected chi connectivity index (χ0v) is 20.0. The van der Waals surface area contributed by atoms with E-state index >= 15 is 0 Å². The molecule has 2 aromatic rings. The second kappa shape index (κ2) is 8.17. The van der Waals surface area contributed by atoms with E-state index in [2.05, 4.69) is 18.1 Å². The van der Waals surface area contributed by atoms with Crippen molar-refractivity contribution in [3.63, 3.8) is 0 Å². The molecule has 4 aliphatic heterocycles. The van der Waals surface area contributed by atoms with Gasteiger partial charge in [-0.05, 0) is 48.9 Å². The molecule has 176 valence electrons. The van der Waals surface area contributed by atoms with Crippen molar-refractivity contribution in [3.8, 4) is 0 Å². The summed E-state index contributed by atoms with van der Waals surface area (Å²) in [5.74, 6) is -0.368. The lowest BCUT2D eigenvalue weighted by molar-refractivity contribution is -0.144. The van der Waals surface area contributed by atoms with E-state index in [1.165, 1.54) is 4.31 Å². The first-order valence-electron chi connectivity index (χ1n) is 11.4. The lowest BCUT2D eigenvalue weighted by Crippen LogP contribution is -2.61. The molecule has 34 heavy (non-hydrogen) atoms. The Labute approximate surface area is 200 Å². The fraction of sp³-hybridized carbons (Fsp3) is 0.296. The number of carbonyl (C=O) groups excluding carboxylic acids is 1. The molecule has 2 aromatic carbocycles. The largest absolute Gasteiger partial charge is 0.461 e. The highest BCUT2D eigenvalue weighted by Crippen LogP contribution is 2.54. The normalized spacial score (nSPS) is 26.1. The molecule has 0 amide bonds. The van der Waals surface area contributed by atoms with Gasteiger partial charge in [0.15, 0.2) is 0 Å². The molecule has 0 radical (unpaired) electrons. The molecule has 4 aliphatic rings. The first-order valence-corrected chi connectivity index (χ1v) is 12.8. The van der Waals surface area contributed by atoms with Gasteiger partial charge in [-0.25, -0.2) is 8.42 Å². The van der Waals surface area contributed by atoms with E-state index in [9.17, 15) is 13.2 Å².